The Bertz CT molecular complexity index is 921. The number of Topliss-reactive ketones (excluding diaryl/α,β-unsaturated/α-hetero) is 1. The largest absolute Gasteiger partial charge is 0.500 e. The van der Waals surface area contributed by atoms with Crippen molar-refractivity contribution in [3.8, 4) is 0 Å². The number of benzene rings is 1. The molecule has 0 amide bonds. The Morgan fingerprint density at radius 2 is 1.36 bits per heavy atom. The molecule has 2 nitrogen and oxygen atoms in total. The molecule has 3 aliphatic carbocycles. The molecule has 3 aliphatic rings. The van der Waals surface area contributed by atoms with E-state index in [1.807, 2.05) is 37.4 Å². The van der Waals surface area contributed by atoms with E-state index < -0.39 is 0 Å². The molecule has 0 heterocycles. The third kappa shape index (κ3) is 5.11. The molecule has 0 N–H and O–H groups in total. The van der Waals surface area contributed by atoms with E-state index in [9.17, 15) is 4.79 Å². The quantitative estimate of drug-likeness (QED) is 0.356. The van der Waals surface area contributed by atoms with Crippen molar-refractivity contribution in [1.29, 1.82) is 0 Å². The maximum Gasteiger partial charge on any atom is 0.189 e. The summed E-state index contributed by atoms with van der Waals surface area (Å²) in [7, 11) is 1.88. The fraction of sp³-hybridized carbons (Fsp3) is 0.676. The van der Waals surface area contributed by atoms with Gasteiger partial charge in [-0.05, 0) is 85.5 Å². The van der Waals surface area contributed by atoms with Crippen molar-refractivity contribution in [2.75, 3.05) is 7.11 Å². The normalized spacial score (nSPS) is 35.4. The Hall–Kier alpha value is -1.83. The molecule has 6 atom stereocenters. The first kappa shape index (κ1) is 27.2. The highest BCUT2D eigenvalue weighted by Gasteiger charge is 2.57. The van der Waals surface area contributed by atoms with Crippen LogP contribution in [0.1, 0.15) is 96.8 Å². The van der Waals surface area contributed by atoms with Crippen LogP contribution < -0.4 is 0 Å². The maximum absolute atomic E-state index is 13.9. The van der Waals surface area contributed by atoms with Crippen LogP contribution >= 0.6 is 0 Å². The molecule has 0 aliphatic heterocycles. The summed E-state index contributed by atoms with van der Waals surface area (Å²) in [6.45, 7) is 14.6. The minimum Gasteiger partial charge on any atom is -0.500 e. The highest BCUT2D eigenvalue weighted by atomic mass is 16.5. The van der Waals surface area contributed by atoms with Gasteiger partial charge in [0.05, 0.1) is 7.11 Å². The molecule has 0 radical (unpaired) electrons. The topological polar surface area (TPSA) is 26.3 Å². The Morgan fingerprint density at radius 1 is 0.833 bits per heavy atom. The lowest BCUT2D eigenvalue weighted by molar-refractivity contribution is -0.0762. The predicted octanol–water partition coefficient (Wildman–Crippen LogP) is 9.13. The SMILES string of the molecule is COC1=CC=C(C(=O)c2ccccc2)CC1(C1CC(C)CCC1C(C)C)C1CC(C)CCC1C(C)C. The van der Waals surface area contributed by atoms with Crippen LogP contribution in [0, 0.1) is 52.8 Å². The third-order valence-electron chi connectivity index (χ3n) is 10.3. The lowest BCUT2D eigenvalue weighted by Gasteiger charge is -2.58. The van der Waals surface area contributed by atoms with Gasteiger partial charge in [-0.25, -0.2) is 0 Å². The van der Waals surface area contributed by atoms with E-state index in [0.29, 0.717) is 35.5 Å². The molecule has 1 aromatic carbocycles. The minimum atomic E-state index is -0.115. The van der Waals surface area contributed by atoms with Crippen LogP contribution in [-0.4, -0.2) is 12.9 Å². The fourth-order valence-electron chi connectivity index (χ4n) is 8.47. The summed E-state index contributed by atoms with van der Waals surface area (Å²) in [4.78, 5) is 13.9. The first-order chi connectivity index (χ1) is 17.2. The van der Waals surface area contributed by atoms with E-state index >= 15 is 0 Å². The number of hydrogen-bond donors (Lipinski definition) is 0. The van der Waals surface area contributed by atoms with Gasteiger partial charge in [-0.15, -0.1) is 0 Å². The van der Waals surface area contributed by atoms with Gasteiger partial charge in [-0.2, -0.15) is 0 Å². The van der Waals surface area contributed by atoms with E-state index in [0.717, 1.165) is 35.2 Å². The number of carbonyl (C=O) groups is 1. The molecule has 0 aromatic heterocycles. The summed E-state index contributed by atoms with van der Waals surface area (Å²) in [6, 6.07) is 9.90. The first-order valence-corrected chi connectivity index (χ1v) is 14.7. The molecule has 198 valence electrons. The number of methoxy groups -OCH3 is 1. The van der Waals surface area contributed by atoms with E-state index in [4.69, 9.17) is 4.74 Å². The van der Waals surface area contributed by atoms with Crippen LogP contribution in [0.2, 0.25) is 0 Å². The van der Waals surface area contributed by atoms with Crippen molar-refractivity contribution in [1.82, 2.24) is 0 Å². The highest BCUT2D eigenvalue weighted by Crippen LogP contribution is 2.63. The zero-order chi connectivity index (χ0) is 26.0. The summed E-state index contributed by atoms with van der Waals surface area (Å²) >= 11 is 0. The summed E-state index contributed by atoms with van der Waals surface area (Å²) in [5.41, 5.74) is 1.67. The molecule has 2 fully saturated rings. The number of carbonyl (C=O) groups excluding carboxylic acids is 1. The fourth-order valence-corrected chi connectivity index (χ4v) is 8.47. The third-order valence-corrected chi connectivity index (χ3v) is 10.3. The number of rotatable bonds is 7. The monoisotopic (exact) mass is 490 g/mol. The van der Waals surface area contributed by atoms with Gasteiger partial charge >= 0.3 is 0 Å². The van der Waals surface area contributed by atoms with Gasteiger partial charge in [0.1, 0.15) is 5.76 Å². The number of ether oxygens (including phenoxy) is 1. The van der Waals surface area contributed by atoms with Gasteiger partial charge in [0, 0.05) is 16.6 Å². The van der Waals surface area contributed by atoms with Crippen LogP contribution in [0.5, 0.6) is 0 Å². The highest BCUT2D eigenvalue weighted by molar-refractivity contribution is 6.09. The molecule has 2 saturated carbocycles. The molecular formula is C34H50O2. The standard InChI is InChI=1S/C34H50O2/c1-22(2)28-16-13-24(5)19-30(28)34(31-20-25(6)14-17-29(31)23(3)4)21-27(15-18-32(34)36-7)33(35)26-11-9-8-10-12-26/h8-12,15,18,22-25,28-31H,13-14,16-17,19-21H2,1-7H3. The van der Waals surface area contributed by atoms with Gasteiger partial charge in [-0.1, -0.05) is 90.8 Å². The van der Waals surface area contributed by atoms with Crippen LogP contribution in [0.15, 0.2) is 53.8 Å². The molecule has 0 spiro atoms. The summed E-state index contributed by atoms with van der Waals surface area (Å²) in [6.07, 6.45) is 12.8. The molecule has 0 bridgehead atoms. The average Bonchev–Trinajstić information content (AvgIpc) is 2.87. The minimum absolute atomic E-state index is 0.115. The Kier molecular flexibility index (Phi) is 8.52. The maximum atomic E-state index is 13.9. The second-order valence-corrected chi connectivity index (χ2v) is 13.2. The Morgan fingerprint density at radius 3 is 1.83 bits per heavy atom. The lowest BCUT2D eigenvalue weighted by atomic mass is 9.47. The zero-order valence-corrected chi connectivity index (χ0v) is 23.9. The van der Waals surface area contributed by atoms with Gasteiger partial charge in [0.15, 0.2) is 5.78 Å². The van der Waals surface area contributed by atoms with Crippen molar-refractivity contribution >= 4 is 5.78 Å². The second kappa shape index (κ2) is 11.3. The van der Waals surface area contributed by atoms with Gasteiger partial charge in [-0.3, -0.25) is 4.79 Å². The van der Waals surface area contributed by atoms with Gasteiger partial charge in [0.2, 0.25) is 0 Å². The van der Waals surface area contributed by atoms with Crippen molar-refractivity contribution < 1.29 is 9.53 Å². The van der Waals surface area contributed by atoms with Crippen LogP contribution in [-0.2, 0) is 4.74 Å². The molecule has 4 rings (SSSR count). The molecule has 6 unspecified atom stereocenters. The molecule has 0 saturated heterocycles. The van der Waals surface area contributed by atoms with Gasteiger partial charge < -0.3 is 4.74 Å². The number of hydrogen-bond acceptors (Lipinski definition) is 2. The zero-order valence-electron chi connectivity index (χ0n) is 23.9. The van der Waals surface area contributed by atoms with Crippen LogP contribution in [0.3, 0.4) is 0 Å². The Balaban J connectivity index is 1.88. The van der Waals surface area contributed by atoms with Crippen molar-refractivity contribution in [2.45, 2.75) is 86.5 Å². The van der Waals surface area contributed by atoms with E-state index in [1.54, 1.807) is 0 Å². The lowest BCUT2D eigenvalue weighted by Crippen LogP contribution is -2.52. The summed E-state index contributed by atoms with van der Waals surface area (Å²) < 4.78 is 6.38. The van der Waals surface area contributed by atoms with Crippen molar-refractivity contribution in [3.63, 3.8) is 0 Å². The number of allylic oxidation sites excluding steroid dienone is 4. The van der Waals surface area contributed by atoms with Crippen LogP contribution in [0.4, 0.5) is 0 Å². The Labute approximate surface area is 221 Å². The van der Waals surface area contributed by atoms with E-state index in [1.165, 1.54) is 38.5 Å². The molecular weight excluding hydrogens is 440 g/mol. The van der Waals surface area contributed by atoms with Crippen molar-refractivity contribution in [3.05, 3.63) is 59.4 Å². The molecule has 36 heavy (non-hydrogen) atoms. The van der Waals surface area contributed by atoms with Gasteiger partial charge in [0.25, 0.3) is 0 Å². The van der Waals surface area contributed by atoms with Crippen molar-refractivity contribution in [2.24, 2.45) is 52.8 Å². The average molecular weight is 491 g/mol. The number of ketones is 1. The van der Waals surface area contributed by atoms with E-state index in [2.05, 4.69) is 53.7 Å². The summed E-state index contributed by atoms with van der Waals surface area (Å²) in [5, 5.41) is 0. The molecule has 2 heteroatoms. The van der Waals surface area contributed by atoms with E-state index in [-0.39, 0.29) is 11.2 Å². The second-order valence-electron chi connectivity index (χ2n) is 13.2. The smallest absolute Gasteiger partial charge is 0.189 e. The predicted molar refractivity (Wildman–Crippen MR) is 151 cm³/mol. The summed E-state index contributed by atoms with van der Waals surface area (Å²) in [5.74, 6) is 6.46. The molecule has 1 aromatic rings. The first-order valence-electron chi connectivity index (χ1n) is 14.7. The van der Waals surface area contributed by atoms with Crippen LogP contribution in [0.25, 0.3) is 0 Å².